The zero-order valence-electron chi connectivity index (χ0n) is 20.4. The van der Waals surface area contributed by atoms with Gasteiger partial charge in [-0.1, -0.05) is 72.3 Å². The Bertz CT molecular complexity index is 1140. The molecule has 2 atom stereocenters. The van der Waals surface area contributed by atoms with Crippen molar-refractivity contribution in [1.82, 2.24) is 20.5 Å². The van der Waals surface area contributed by atoms with Gasteiger partial charge in [0.05, 0.1) is 6.04 Å². The molecular formula is C30H34N4O. The van der Waals surface area contributed by atoms with Gasteiger partial charge in [-0.2, -0.15) is 0 Å². The van der Waals surface area contributed by atoms with Gasteiger partial charge in [-0.3, -0.25) is 14.7 Å². The van der Waals surface area contributed by atoms with Gasteiger partial charge < -0.3 is 10.6 Å². The van der Waals surface area contributed by atoms with Crippen molar-refractivity contribution < 1.29 is 4.79 Å². The van der Waals surface area contributed by atoms with Gasteiger partial charge in [0.2, 0.25) is 5.91 Å². The van der Waals surface area contributed by atoms with Crippen LogP contribution in [0.4, 0.5) is 0 Å². The molecule has 1 saturated heterocycles. The molecule has 35 heavy (non-hydrogen) atoms. The quantitative estimate of drug-likeness (QED) is 0.527. The number of amides is 1. The third kappa shape index (κ3) is 5.87. The SMILES string of the molecule is CC(=Cc1ccccc1)CN[C@H]1C[C@@H](C(=O)NCc2cccnc2)N(C2Cc3ccccc3C2)C1. The maximum absolute atomic E-state index is 13.4. The molecule has 0 bridgehead atoms. The lowest BCUT2D eigenvalue weighted by Crippen LogP contribution is -2.48. The monoisotopic (exact) mass is 466 g/mol. The van der Waals surface area contributed by atoms with E-state index in [0.29, 0.717) is 12.6 Å². The first-order valence-corrected chi connectivity index (χ1v) is 12.6. The predicted molar refractivity (Wildman–Crippen MR) is 141 cm³/mol. The molecule has 0 radical (unpaired) electrons. The smallest absolute Gasteiger partial charge is 0.237 e. The number of nitrogens with zero attached hydrogens (tertiary/aromatic N) is 2. The standard InChI is InChI=1S/C30H34N4O/c1-22(14-23-8-3-2-4-9-23)18-32-27-17-29(30(35)33-20-24-10-7-13-31-19-24)34(21-27)28-15-25-11-5-6-12-26(25)16-28/h2-14,19,27-29,32H,15-18,20-21H2,1H3,(H,33,35)/t27-,29-/m0/s1. The van der Waals surface area contributed by atoms with Crippen molar-refractivity contribution in [2.24, 2.45) is 0 Å². The fourth-order valence-corrected chi connectivity index (χ4v) is 5.44. The summed E-state index contributed by atoms with van der Waals surface area (Å²) in [5, 5.41) is 6.91. The Hall–Kier alpha value is -3.28. The van der Waals surface area contributed by atoms with Crippen LogP contribution in [0, 0.1) is 0 Å². The Balaban J connectivity index is 1.25. The molecule has 5 nitrogen and oxygen atoms in total. The summed E-state index contributed by atoms with van der Waals surface area (Å²) >= 11 is 0. The molecular weight excluding hydrogens is 432 g/mol. The van der Waals surface area contributed by atoms with Crippen LogP contribution >= 0.6 is 0 Å². The van der Waals surface area contributed by atoms with Crippen LogP contribution in [0.25, 0.3) is 6.08 Å². The van der Waals surface area contributed by atoms with Crippen LogP contribution in [0.2, 0.25) is 0 Å². The van der Waals surface area contributed by atoms with Crippen molar-refractivity contribution in [2.45, 2.75) is 50.9 Å². The number of hydrogen-bond acceptors (Lipinski definition) is 4. The lowest BCUT2D eigenvalue weighted by Gasteiger charge is -2.29. The van der Waals surface area contributed by atoms with Crippen molar-refractivity contribution >= 4 is 12.0 Å². The Labute approximate surface area is 208 Å². The van der Waals surface area contributed by atoms with Crippen LogP contribution in [0.1, 0.15) is 35.6 Å². The minimum Gasteiger partial charge on any atom is -0.351 e. The summed E-state index contributed by atoms with van der Waals surface area (Å²) < 4.78 is 0. The van der Waals surface area contributed by atoms with Crippen LogP contribution in [0.15, 0.2) is 84.7 Å². The molecule has 2 heterocycles. The molecule has 5 rings (SSSR count). The van der Waals surface area contributed by atoms with Crippen LogP contribution in [-0.4, -0.2) is 47.0 Å². The van der Waals surface area contributed by atoms with E-state index < -0.39 is 0 Å². The van der Waals surface area contributed by atoms with E-state index in [1.54, 1.807) is 6.20 Å². The molecule has 0 spiro atoms. The molecule has 0 saturated carbocycles. The number of carbonyl (C=O) groups excluding carboxylic acids is 1. The average molecular weight is 467 g/mol. The number of likely N-dealkylation sites (tertiary alicyclic amines) is 1. The molecule has 3 aromatic rings. The minimum absolute atomic E-state index is 0.116. The number of pyridine rings is 1. The fraction of sp³-hybridized carbons (Fsp3) is 0.333. The molecule has 1 aromatic heterocycles. The van der Waals surface area contributed by atoms with E-state index in [-0.39, 0.29) is 18.0 Å². The van der Waals surface area contributed by atoms with Crippen molar-refractivity contribution in [3.63, 3.8) is 0 Å². The summed E-state index contributed by atoms with van der Waals surface area (Å²) in [6.45, 7) is 4.39. The molecule has 1 aliphatic heterocycles. The minimum atomic E-state index is -0.123. The second kappa shape index (κ2) is 11.0. The molecule has 1 aliphatic carbocycles. The highest BCUT2D eigenvalue weighted by molar-refractivity contribution is 5.82. The second-order valence-electron chi connectivity index (χ2n) is 9.84. The van der Waals surface area contributed by atoms with E-state index in [1.807, 2.05) is 24.4 Å². The molecule has 5 heteroatoms. The van der Waals surface area contributed by atoms with Crippen LogP contribution in [-0.2, 0) is 24.2 Å². The first-order valence-electron chi connectivity index (χ1n) is 12.6. The van der Waals surface area contributed by atoms with E-state index in [1.165, 1.54) is 22.3 Å². The Morgan fingerprint density at radius 2 is 1.77 bits per heavy atom. The van der Waals surface area contributed by atoms with Crippen LogP contribution in [0.3, 0.4) is 0 Å². The van der Waals surface area contributed by atoms with E-state index in [4.69, 9.17) is 0 Å². The largest absolute Gasteiger partial charge is 0.351 e. The number of benzene rings is 2. The van der Waals surface area contributed by atoms with Crippen LogP contribution < -0.4 is 10.6 Å². The lowest BCUT2D eigenvalue weighted by molar-refractivity contribution is -0.126. The van der Waals surface area contributed by atoms with Gasteiger partial charge >= 0.3 is 0 Å². The molecule has 1 amide bonds. The van der Waals surface area contributed by atoms with Crippen molar-refractivity contribution in [2.75, 3.05) is 13.1 Å². The highest BCUT2D eigenvalue weighted by Gasteiger charge is 2.41. The zero-order valence-corrected chi connectivity index (χ0v) is 20.4. The van der Waals surface area contributed by atoms with E-state index in [0.717, 1.165) is 37.9 Å². The molecule has 2 aromatic carbocycles. The summed E-state index contributed by atoms with van der Waals surface area (Å²) in [7, 11) is 0. The fourth-order valence-electron chi connectivity index (χ4n) is 5.44. The van der Waals surface area contributed by atoms with E-state index in [2.05, 4.69) is 82.0 Å². The van der Waals surface area contributed by atoms with Gasteiger partial charge in [0.15, 0.2) is 0 Å². The maximum atomic E-state index is 13.4. The van der Waals surface area contributed by atoms with Gasteiger partial charge in [0.25, 0.3) is 0 Å². The predicted octanol–water partition coefficient (Wildman–Crippen LogP) is 4.00. The van der Waals surface area contributed by atoms with Gasteiger partial charge in [-0.15, -0.1) is 0 Å². The number of hydrogen-bond donors (Lipinski definition) is 2. The van der Waals surface area contributed by atoms with Gasteiger partial charge in [-0.05, 0) is 54.5 Å². The number of nitrogens with one attached hydrogen (secondary N) is 2. The Kier molecular flexibility index (Phi) is 7.36. The van der Waals surface area contributed by atoms with Gasteiger partial charge in [0, 0.05) is 44.1 Å². The lowest BCUT2D eigenvalue weighted by atomic mass is 10.1. The normalized spacial score (nSPS) is 20.7. The third-order valence-electron chi connectivity index (χ3n) is 7.21. The summed E-state index contributed by atoms with van der Waals surface area (Å²) in [6.07, 6.45) is 8.65. The summed E-state index contributed by atoms with van der Waals surface area (Å²) in [4.78, 5) is 20.0. The van der Waals surface area contributed by atoms with Crippen molar-refractivity contribution in [3.8, 4) is 0 Å². The van der Waals surface area contributed by atoms with Crippen LogP contribution in [0.5, 0.6) is 0 Å². The average Bonchev–Trinajstić information content (AvgIpc) is 3.52. The van der Waals surface area contributed by atoms with E-state index >= 15 is 0 Å². The van der Waals surface area contributed by atoms with Gasteiger partial charge in [0.1, 0.15) is 0 Å². The molecule has 180 valence electrons. The number of aromatic nitrogens is 1. The summed E-state index contributed by atoms with van der Waals surface area (Å²) in [6, 6.07) is 23.6. The maximum Gasteiger partial charge on any atom is 0.237 e. The highest BCUT2D eigenvalue weighted by Crippen LogP contribution is 2.31. The van der Waals surface area contributed by atoms with Gasteiger partial charge in [-0.25, -0.2) is 0 Å². The van der Waals surface area contributed by atoms with Crippen molar-refractivity contribution in [3.05, 3.63) is 107 Å². The second-order valence-corrected chi connectivity index (χ2v) is 9.84. The molecule has 2 N–H and O–H groups in total. The summed E-state index contributed by atoms with van der Waals surface area (Å²) in [5.41, 5.74) is 6.38. The molecule has 0 unspecified atom stereocenters. The number of rotatable bonds is 8. The molecule has 2 aliphatic rings. The first kappa shape index (κ1) is 23.5. The number of fused-ring (bicyclic) bond motifs is 1. The summed E-state index contributed by atoms with van der Waals surface area (Å²) in [5.74, 6) is 0.116. The first-order chi connectivity index (χ1) is 17.2. The Morgan fingerprint density at radius 3 is 2.49 bits per heavy atom. The molecule has 1 fully saturated rings. The van der Waals surface area contributed by atoms with E-state index in [9.17, 15) is 4.79 Å². The zero-order chi connectivity index (χ0) is 24.0. The Morgan fingerprint density at radius 1 is 1.03 bits per heavy atom. The number of carbonyl (C=O) groups is 1. The highest BCUT2D eigenvalue weighted by atomic mass is 16.2. The van der Waals surface area contributed by atoms with Crippen molar-refractivity contribution in [1.29, 1.82) is 0 Å². The topological polar surface area (TPSA) is 57.3 Å². The third-order valence-corrected chi connectivity index (χ3v) is 7.21.